The molecule has 17 heavy (non-hydrogen) atoms. The lowest BCUT2D eigenvalue weighted by molar-refractivity contribution is 0.210. The number of benzene rings is 1. The standard InChI is InChI=1S/C14H17O2P/c1-2-10-17(15)11-6-9-14(16-17)12-13-7-4-3-5-8-13/h2-8,10-11,14H,9,12H2,1H3/b10-2+/t14-,17-/m1/s1. The van der Waals surface area contributed by atoms with Crippen molar-refractivity contribution >= 4 is 7.37 Å². The van der Waals surface area contributed by atoms with Gasteiger partial charge in [0.1, 0.15) is 0 Å². The van der Waals surface area contributed by atoms with E-state index in [2.05, 4.69) is 12.1 Å². The Balaban J connectivity index is 2.06. The van der Waals surface area contributed by atoms with E-state index < -0.39 is 7.37 Å². The molecule has 0 aliphatic carbocycles. The molecule has 0 N–H and O–H groups in total. The van der Waals surface area contributed by atoms with E-state index in [1.165, 1.54) is 5.56 Å². The summed E-state index contributed by atoms with van der Waals surface area (Å²) in [6, 6.07) is 10.2. The molecule has 0 bridgehead atoms. The summed E-state index contributed by atoms with van der Waals surface area (Å²) in [5.74, 6) is 3.37. The molecule has 1 aliphatic heterocycles. The monoisotopic (exact) mass is 248 g/mol. The Labute approximate surface area is 102 Å². The summed E-state index contributed by atoms with van der Waals surface area (Å²) in [5.41, 5.74) is 1.22. The van der Waals surface area contributed by atoms with E-state index >= 15 is 0 Å². The van der Waals surface area contributed by atoms with E-state index in [0.717, 1.165) is 12.8 Å². The van der Waals surface area contributed by atoms with E-state index in [4.69, 9.17) is 4.52 Å². The van der Waals surface area contributed by atoms with Crippen LogP contribution in [0.25, 0.3) is 0 Å². The van der Waals surface area contributed by atoms with Gasteiger partial charge in [0.2, 0.25) is 7.37 Å². The fraction of sp³-hybridized carbons (Fsp3) is 0.286. The van der Waals surface area contributed by atoms with Gasteiger partial charge in [0.05, 0.1) is 6.10 Å². The van der Waals surface area contributed by atoms with E-state index in [0.29, 0.717) is 0 Å². The molecule has 0 saturated carbocycles. The first-order chi connectivity index (χ1) is 8.22. The van der Waals surface area contributed by atoms with Gasteiger partial charge in [-0.2, -0.15) is 0 Å². The largest absolute Gasteiger partial charge is 0.319 e. The third-order valence-corrected chi connectivity index (χ3v) is 4.66. The zero-order valence-electron chi connectivity index (χ0n) is 9.95. The summed E-state index contributed by atoms with van der Waals surface area (Å²) in [6.45, 7) is 1.86. The van der Waals surface area contributed by atoms with E-state index in [9.17, 15) is 4.57 Å². The van der Waals surface area contributed by atoms with E-state index in [1.807, 2.05) is 31.2 Å². The molecular weight excluding hydrogens is 231 g/mol. The summed E-state index contributed by atoms with van der Waals surface area (Å²) in [4.78, 5) is 0. The molecule has 1 aromatic carbocycles. The molecule has 2 nitrogen and oxygen atoms in total. The molecular formula is C14H17O2P. The van der Waals surface area contributed by atoms with Crippen LogP contribution in [0.2, 0.25) is 0 Å². The normalized spacial score (nSPS) is 28.6. The highest BCUT2D eigenvalue weighted by molar-refractivity contribution is 7.65. The second-order valence-electron chi connectivity index (χ2n) is 4.17. The van der Waals surface area contributed by atoms with Gasteiger partial charge in [0.15, 0.2) is 0 Å². The van der Waals surface area contributed by atoms with Crippen LogP contribution in [0.1, 0.15) is 18.9 Å². The maximum Gasteiger partial charge on any atom is 0.246 e. The van der Waals surface area contributed by atoms with Gasteiger partial charge in [-0.15, -0.1) is 0 Å². The van der Waals surface area contributed by atoms with Crippen LogP contribution < -0.4 is 0 Å². The number of hydrogen-bond acceptors (Lipinski definition) is 2. The van der Waals surface area contributed by atoms with Crippen molar-refractivity contribution in [2.24, 2.45) is 0 Å². The molecule has 0 saturated heterocycles. The zero-order valence-corrected chi connectivity index (χ0v) is 10.8. The third kappa shape index (κ3) is 3.42. The van der Waals surface area contributed by atoms with Crippen LogP contribution in [0.5, 0.6) is 0 Å². The molecule has 90 valence electrons. The van der Waals surface area contributed by atoms with Gasteiger partial charge < -0.3 is 4.52 Å². The van der Waals surface area contributed by atoms with Crippen LogP contribution in [0.15, 0.2) is 54.1 Å². The summed E-state index contributed by atoms with van der Waals surface area (Å²) >= 11 is 0. The molecule has 0 radical (unpaired) electrons. The Morgan fingerprint density at radius 2 is 2.18 bits per heavy atom. The molecule has 1 aliphatic rings. The smallest absolute Gasteiger partial charge is 0.246 e. The molecule has 1 aromatic rings. The van der Waals surface area contributed by atoms with Crippen molar-refractivity contribution in [1.29, 1.82) is 0 Å². The van der Waals surface area contributed by atoms with Gasteiger partial charge in [-0.3, -0.25) is 4.57 Å². The van der Waals surface area contributed by atoms with E-state index in [-0.39, 0.29) is 6.10 Å². The summed E-state index contributed by atoms with van der Waals surface area (Å²) in [7, 11) is -2.67. The number of allylic oxidation sites excluding steroid dienone is 1. The number of rotatable bonds is 3. The first-order valence-electron chi connectivity index (χ1n) is 5.85. The lowest BCUT2D eigenvalue weighted by Crippen LogP contribution is -2.15. The Morgan fingerprint density at radius 1 is 1.41 bits per heavy atom. The van der Waals surface area contributed by atoms with Gasteiger partial charge >= 0.3 is 0 Å². The molecule has 1 heterocycles. The van der Waals surface area contributed by atoms with E-state index in [1.54, 1.807) is 17.7 Å². The predicted octanol–water partition coefficient (Wildman–Crippen LogP) is 4.34. The predicted molar refractivity (Wildman–Crippen MR) is 71.2 cm³/mol. The minimum Gasteiger partial charge on any atom is -0.319 e. The fourth-order valence-electron chi connectivity index (χ4n) is 1.96. The highest BCUT2D eigenvalue weighted by Crippen LogP contribution is 2.54. The van der Waals surface area contributed by atoms with Crippen LogP contribution in [0, 0.1) is 0 Å². The zero-order chi connectivity index (χ0) is 12.1. The van der Waals surface area contributed by atoms with Gasteiger partial charge in [-0.05, 0) is 25.3 Å². The first kappa shape index (κ1) is 12.3. The van der Waals surface area contributed by atoms with Crippen LogP contribution in [0.3, 0.4) is 0 Å². The van der Waals surface area contributed by atoms with Crippen LogP contribution in [0.4, 0.5) is 0 Å². The topological polar surface area (TPSA) is 26.3 Å². The quantitative estimate of drug-likeness (QED) is 0.743. The molecule has 3 heteroatoms. The van der Waals surface area contributed by atoms with Crippen molar-refractivity contribution in [2.45, 2.75) is 25.9 Å². The maximum absolute atomic E-state index is 12.2. The lowest BCUT2D eigenvalue weighted by Gasteiger charge is -2.24. The molecule has 2 rings (SSSR count). The minimum atomic E-state index is -2.67. The average Bonchev–Trinajstić information content (AvgIpc) is 2.30. The minimum absolute atomic E-state index is 0.0180. The first-order valence-corrected chi connectivity index (χ1v) is 7.61. The second kappa shape index (κ2) is 5.48. The van der Waals surface area contributed by atoms with Crippen LogP contribution in [-0.2, 0) is 15.5 Å². The van der Waals surface area contributed by atoms with Crippen LogP contribution >= 0.6 is 7.37 Å². The fourth-order valence-corrected chi connectivity index (χ4v) is 3.66. The lowest BCUT2D eigenvalue weighted by atomic mass is 10.1. The molecule has 0 amide bonds. The molecule has 2 atom stereocenters. The molecule has 0 fully saturated rings. The van der Waals surface area contributed by atoms with Crippen molar-refractivity contribution in [1.82, 2.24) is 0 Å². The van der Waals surface area contributed by atoms with Crippen molar-refractivity contribution < 1.29 is 9.09 Å². The Bertz CT molecular complexity index is 462. The van der Waals surface area contributed by atoms with Gasteiger partial charge in [-0.25, -0.2) is 0 Å². The molecule has 0 spiro atoms. The van der Waals surface area contributed by atoms with Gasteiger partial charge in [0.25, 0.3) is 0 Å². The second-order valence-corrected chi connectivity index (χ2v) is 6.26. The van der Waals surface area contributed by atoms with Gasteiger partial charge in [-0.1, -0.05) is 42.5 Å². The van der Waals surface area contributed by atoms with Crippen LogP contribution in [-0.4, -0.2) is 6.10 Å². The molecule has 0 aromatic heterocycles. The van der Waals surface area contributed by atoms with Gasteiger partial charge in [0, 0.05) is 11.6 Å². The highest BCUT2D eigenvalue weighted by atomic mass is 31.2. The SMILES string of the molecule is C/C=C/[P@]1(=O)C=CC[C@H](Cc2ccccc2)O1. The summed E-state index contributed by atoms with van der Waals surface area (Å²) in [5, 5.41) is 0. The average molecular weight is 248 g/mol. The van der Waals surface area contributed by atoms with Crippen molar-refractivity contribution in [3.8, 4) is 0 Å². The highest BCUT2D eigenvalue weighted by Gasteiger charge is 2.25. The Kier molecular flexibility index (Phi) is 3.98. The van der Waals surface area contributed by atoms with Crippen molar-refractivity contribution in [3.05, 3.63) is 59.7 Å². The summed E-state index contributed by atoms with van der Waals surface area (Å²) < 4.78 is 17.9. The Hall–Kier alpha value is -1.11. The summed E-state index contributed by atoms with van der Waals surface area (Å²) in [6.07, 6.45) is 5.42. The van der Waals surface area contributed by atoms with Crippen molar-refractivity contribution in [2.75, 3.05) is 0 Å². The Morgan fingerprint density at radius 3 is 2.88 bits per heavy atom. The number of hydrogen-bond donors (Lipinski definition) is 0. The molecule has 0 unspecified atom stereocenters. The maximum atomic E-state index is 12.2. The third-order valence-electron chi connectivity index (χ3n) is 2.69. The van der Waals surface area contributed by atoms with Crippen molar-refractivity contribution in [3.63, 3.8) is 0 Å².